The number of nitrogens with zero attached hydrogens (tertiary/aromatic N) is 2. The minimum absolute atomic E-state index is 0.0727. The van der Waals surface area contributed by atoms with Crippen LogP contribution < -0.4 is 14.8 Å². The van der Waals surface area contributed by atoms with Crippen LogP contribution in [0.3, 0.4) is 0 Å². The van der Waals surface area contributed by atoms with E-state index in [2.05, 4.69) is 10.4 Å². The lowest BCUT2D eigenvalue weighted by molar-refractivity contribution is 0.0942. The summed E-state index contributed by atoms with van der Waals surface area (Å²) in [6.45, 7) is 0.879. The van der Waals surface area contributed by atoms with Crippen LogP contribution in [0.4, 0.5) is 8.78 Å². The maximum absolute atomic E-state index is 13.8. The molecule has 0 saturated heterocycles. The number of nitrogens with one attached hydrogen (secondary N) is 1. The van der Waals surface area contributed by atoms with Gasteiger partial charge in [-0.1, -0.05) is 12.1 Å². The Bertz CT molecular complexity index is 1050. The van der Waals surface area contributed by atoms with E-state index in [0.717, 1.165) is 17.7 Å². The van der Waals surface area contributed by atoms with Gasteiger partial charge in [-0.15, -0.1) is 0 Å². The number of ether oxygens (including phenoxy) is 2. The van der Waals surface area contributed by atoms with Gasteiger partial charge in [0.25, 0.3) is 5.91 Å². The number of hydrogen-bond donors (Lipinski definition) is 1. The summed E-state index contributed by atoms with van der Waals surface area (Å²) in [5.41, 5.74) is 1.86. The number of aromatic nitrogens is 2. The Labute approximate surface area is 159 Å². The summed E-state index contributed by atoms with van der Waals surface area (Å²) in [7, 11) is 1.65. The predicted molar refractivity (Wildman–Crippen MR) is 97.2 cm³/mol. The minimum Gasteiger partial charge on any atom is -0.486 e. The molecule has 0 unspecified atom stereocenters. The van der Waals surface area contributed by atoms with Crippen LogP contribution in [0.5, 0.6) is 11.5 Å². The first-order chi connectivity index (χ1) is 13.5. The largest absolute Gasteiger partial charge is 0.486 e. The summed E-state index contributed by atoms with van der Waals surface area (Å²) in [6.07, 6.45) is 1.58. The van der Waals surface area contributed by atoms with Crippen molar-refractivity contribution in [2.75, 3.05) is 13.2 Å². The molecule has 28 heavy (non-hydrogen) atoms. The topological polar surface area (TPSA) is 65.4 Å². The van der Waals surface area contributed by atoms with Crippen LogP contribution in [0.2, 0.25) is 0 Å². The van der Waals surface area contributed by atoms with Crippen molar-refractivity contribution < 1.29 is 23.0 Å². The van der Waals surface area contributed by atoms with E-state index in [1.807, 2.05) is 6.07 Å². The van der Waals surface area contributed by atoms with Gasteiger partial charge in [0.1, 0.15) is 30.5 Å². The fourth-order valence-corrected chi connectivity index (χ4v) is 3.05. The van der Waals surface area contributed by atoms with Crippen molar-refractivity contribution in [2.24, 2.45) is 7.05 Å². The highest BCUT2D eigenvalue weighted by atomic mass is 19.1. The molecule has 0 aliphatic carbocycles. The lowest BCUT2D eigenvalue weighted by Crippen LogP contribution is -2.26. The summed E-state index contributed by atoms with van der Waals surface area (Å²) in [5, 5.41) is 6.83. The van der Waals surface area contributed by atoms with E-state index in [1.165, 1.54) is 10.7 Å². The van der Waals surface area contributed by atoms with Crippen molar-refractivity contribution >= 4 is 5.91 Å². The summed E-state index contributed by atoms with van der Waals surface area (Å²) in [5.74, 6) is -0.546. The third-order valence-corrected chi connectivity index (χ3v) is 4.46. The Balaban J connectivity index is 1.58. The number of carbonyl (C=O) groups excluding carboxylic acids is 1. The third-order valence-electron chi connectivity index (χ3n) is 4.46. The highest BCUT2D eigenvalue weighted by Gasteiger charge is 2.20. The van der Waals surface area contributed by atoms with Gasteiger partial charge in [0.05, 0.1) is 6.20 Å². The number of amides is 1. The normalized spacial score (nSPS) is 12.7. The van der Waals surface area contributed by atoms with Gasteiger partial charge in [0.15, 0.2) is 11.5 Å². The minimum atomic E-state index is -0.711. The first-order valence-corrected chi connectivity index (χ1v) is 8.67. The molecule has 144 valence electrons. The summed E-state index contributed by atoms with van der Waals surface area (Å²) >= 11 is 0. The molecule has 0 saturated carbocycles. The molecule has 1 amide bonds. The molecule has 1 aliphatic rings. The molecule has 0 radical (unpaired) electrons. The van der Waals surface area contributed by atoms with Gasteiger partial charge in [-0.2, -0.15) is 5.10 Å². The maximum Gasteiger partial charge on any atom is 0.270 e. The van der Waals surface area contributed by atoms with Crippen LogP contribution in [0.25, 0.3) is 11.1 Å². The van der Waals surface area contributed by atoms with Crippen molar-refractivity contribution in [1.29, 1.82) is 0 Å². The zero-order valence-corrected chi connectivity index (χ0v) is 15.0. The van der Waals surface area contributed by atoms with Gasteiger partial charge in [0.2, 0.25) is 0 Å². The zero-order valence-electron chi connectivity index (χ0n) is 15.0. The first-order valence-electron chi connectivity index (χ1n) is 8.67. The lowest BCUT2D eigenvalue weighted by Gasteiger charge is -2.19. The Kier molecular flexibility index (Phi) is 4.68. The maximum atomic E-state index is 13.8. The van der Waals surface area contributed by atoms with Gasteiger partial charge < -0.3 is 14.8 Å². The molecular weight excluding hydrogens is 368 g/mol. The van der Waals surface area contributed by atoms with Crippen molar-refractivity contribution in [3.8, 4) is 22.6 Å². The highest BCUT2D eigenvalue weighted by molar-refractivity contribution is 5.99. The van der Waals surface area contributed by atoms with E-state index < -0.39 is 17.5 Å². The summed E-state index contributed by atoms with van der Waals surface area (Å²) < 4.78 is 39.4. The number of aryl methyl sites for hydroxylation is 1. The quantitative estimate of drug-likeness (QED) is 0.750. The van der Waals surface area contributed by atoms with Crippen molar-refractivity contribution in [1.82, 2.24) is 15.1 Å². The fraction of sp³-hybridized carbons (Fsp3) is 0.200. The molecule has 1 aliphatic heterocycles. The van der Waals surface area contributed by atoms with Crippen molar-refractivity contribution in [3.05, 3.63) is 65.5 Å². The van der Waals surface area contributed by atoms with Gasteiger partial charge in [0, 0.05) is 30.8 Å². The Morgan fingerprint density at radius 2 is 1.93 bits per heavy atom. The van der Waals surface area contributed by atoms with E-state index in [1.54, 1.807) is 25.4 Å². The van der Waals surface area contributed by atoms with E-state index >= 15 is 0 Å². The summed E-state index contributed by atoms with van der Waals surface area (Å²) in [4.78, 5) is 12.7. The SMILES string of the molecule is Cn1ncc(-c2ccc3c(c2)OCCO3)c1C(=O)NCc1ccc(F)cc1F. The number of rotatable bonds is 4. The van der Waals surface area contributed by atoms with Gasteiger partial charge in [-0.3, -0.25) is 9.48 Å². The molecule has 2 heterocycles. The van der Waals surface area contributed by atoms with Crippen LogP contribution in [-0.4, -0.2) is 28.9 Å². The molecule has 0 bridgehead atoms. The van der Waals surface area contributed by atoms with Gasteiger partial charge >= 0.3 is 0 Å². The van der Waals surface area contributed by atoms with Gasteiger partial charge in [-0.05, 0) is 23.8 Å². The number of hydrogen-bond acceptors (Lipinski definition) is 4. The van der Waals surface area contributed by atoms with Crippen LogP contribution in [-0.2, 0) is 13.6 Å². The monoisotopic (exact) mass is 385 g/mol. The van der Waals surface area contributed by atoms with Crippen LogP contribution in [0.15, 0.2) is 42.6 Å². The van der Waals surface area contributed by atoms with E-state index in [0.29, 0.717) is 36.0 Å². The molecule has 3 aromatic rings. The second-order valence-corrected chi connectivity index (χ2v) is 6.31. The molecule has 0 atom stereocenters. The molecule has 2 aromatic carbocycles. The standard InChI is InChI=1S/C20H17F2N3O3/c1-25-19(20(26)23-10-13-2-4-14(21)9-16(13)22)15(11-24-25)12-3-5-17-18(8-12)28-7-6-27-17/h2-5,8-9,11H,6-7,10H2,1H3,(H,23,26). The lowest BCUT2D eigenvalue weighted by atomic mass is 10.0. The molecule has 6 nitrogen and oxygen atoms in total. The second-order valence-electron chi connectivity index (χ2n) is 6.31. The number of halogens is 2. The second kappa shape index (κ2) is 7.30. The number of benzene rings is 2. The van der Waals surface area contributed by atoms with Gasteiger partial charge in [-0.25, -0.2) is 8.78 Å². The third kappa shape index (κ3) is 3.40. The average molecular weight is 385 g/mol. The molecular formula is C20H17F2N3O3. The Morgan fingerprint density at radius 3 is 2.71 bits per heavy atom. The molecule has 0 fully saturated rings. The predicted octanol–water partition coefficient (Wildman–Crippen LogP) is 3.07. The molecule has 0 spiro atoms. The number of fused-ring (bicyclic) bond motifs is 1. The van der Waals surface area contributed by atoms with Crippen LogP contribution >= 0.6 is 0 Å². The molecule has 4 rings (SSSR count). The highest BCUT2D eigenvalue weighted by Crippen LogP contribution is 2.35. The molecule has 1 aromatic heterocycles. The Hall–Kier alpha value is -3.42. The fourth-order valence-electron chi connectivity index (χ4n) is 3.05. The molecule has 1 N–H and O–H groups in total. The van der Waals surface area contributed by atoms with Crippen LogP contribution in [0.1, 0.15) is 16.1 Å². The number of carbonyl (C=O) groups is 1. The van der Waals surface area contributed by atoms with Crippen molar-refractivity contribution in [3.63, 3.8) is 0 Å². The molecule has 8 heteroatoms. The van der Waals surface area contributed by atoms with Crippen molar-refractivity contribution in [2.45, 2.75) is 6.54 Å². The Morgan fingerprint density at radius 1 is 1.14 bits per heavy atom. The first kappa shape index (κ1) is 18.0. The average Bonchev–Trinajstić information content (AvgIpc) is 3.08. The van der Waals surface area contributed by atoms with Crippen LogP contribution in [0, 0.1) is 11.6 Å². The van der Waals surface area contributed by atoms with E-state index in [-0.39, 0.29) is 12.1 Å². The summed E-state index contributed by atoms with van der Waals surface area (Å²) in [6, 6.07) is 8.63. The zero-order chi connectivity index (χ0) is 19.7. The van der Waals surface area contributed by atoms with E-state index in [9.17, 15) is 13.6 Å². The van der Waals surface area contributed by atoms with E-state index in [4.69, 9.17) is 9.47 Å². The smallest absolute Gasteiger partial charge is 0.270 e.